The van der Waals surface area contributed by atoms with E-state index in [0.717, 1.165) is 12.8 Å². The molecule has 84 valence electrons. The highest BCUT2D eigenvalue weighted by atomic mass is 35.5. The molecule has 0 heterocycles. The zero-order valence-corrected chi connectivity index (χ0v) is 10.7. The summed E-state index contributed by atoms with van der Waals surface area (Å²) in [5.74, 6) is 0. The number of carbonyl (C=O) groups excluding carboxylic acids is 1. The molecule has 0 rings (SSSR count). The highest BCUT2D eigenvalue weighted by Gasteiger charge is 2.27. The van der Waals surface area contributed by atoms with Gasteiger partial charge in [-0.25, -0.2) is 0 Å². The summed E-state index contributed by atoms with van der Waals surface area (Å²) in [6.45, 7) is 11.6. The molecule has 0 aliphatic heterocycles. The van der Waals surface area contributed by atoms with Crippen LogP contribution in [0.25, 0.3) is 0 Å². The minimum atomic E-state index is -0.465. The van der Waals surface area contributed by atoms with Gasteiger partial charge in [-0.2, -0.15) is 0 Å². The van der Waals surface area contributed by atoms with Crippen molar-refractivity contribution in [2.75, 3.05) is 6.54 Å². The smallest absolute Gasteiger partial charge is 0.313 e. The third-order valence-corrected chi connectivity index (χ3v) is 2.75. The first kappa shape index (κ1) is 13.8. The van der Waals surface area contributed by atoms with Crippen LogP contribution in [0.5, 0.6) is 0 Å². The Morgan fingerprint density at radius 2 is 1.71 bits per heavy atom. The van der Waals surface area contributed by atoms with Crippen molar-refractivity contribution >= 4 is 17.0 Å². The van der Waals surface area contributed by atoms with Gasteiger partial charge in [0.1, 0.15) is 0 Å². The minimum Gasteiger partial charge on any atom is -0.342 e. The van der Waals surface area contributed by atoms with Crippen LogP contribution < -0.4 is 5.32 Å². The highest BCUT2D eigenvalue weighted by molar-refractivity contribution is 6.62. The maximum atomic E-state index is 10.6. The average molecular weight is 220 g/mol. The quantitative estimate of drug-likeness (QED) is 0.553. The van der Waals surface area contributed by atoms with Gasteiger partial charge >= 0.3 is 5.37 Å². The lowest BCUT2D eigenvalue weighted by Gasteiger charge is -2.34. The Morgan fingerprint density at radius 3 is 2.07 bits per heavy atom. The predicted molar refractivity (Wildman–Crippen MR) is 61.7 cm³/mol. The standard InChI is InChI=1S/C11H22ClNO/c1-6-10(2,3)7-11(4,5)8-13-9(12)14/h6-8H2,1-5H3,(H,13,14). The molecule has 0 atom stereocenters. The molecule has 0 aromatic rings. The summed E-state index contributed by atoms with van der Waals surface area (Å²) < 4.78 is 0. The van der Waals surface area contributed by atoms with Crippen molar-refractivity contribution in [3.05, 3.63) is 0 Å². The first-order chi connectivity index (χ1) is 6.18. The van der Waals surface area contributed by atoms with Crippen molar-refractivity contribution in [3.8, 4) is 0 Å². The van der Waals surface area contributed by atoms with Crippen LogP contribution in [0.3, 0.4) is 0 Å². The Kier molecular flexibility index (Phi) is 4.93. The zero-order valence-electron chi connectivity index (χ0n) is 9.91. The van der Waals surface area contributed by atoms with E-state index < -0.39 is 5.37 Å². The van der Waals surface area contributed by atoms with Gasteiger partial charge in [0, 0.05) is 6.54 Å². The molecule has 0 radical (unpaired) electrons. The van der Waals surface area contributed by atoms with E-state index in [4.69, 9.17) is 11.6 Å². The summed E-state index contributed by atoms with van der Waals surface area (Å²) in [5.41, 5.74) is 0.421. The van der Waals surface area contributed by atoms with Crippen molar-refractivity contribution in [2.24, 2.45) is 10.8 Å². The monoisotopic (exact) mass is 219 g/mol. The molecular weight excluding hydrogens is 198 g/mol. The molecule has 0 aliphatic carbocycles. The number of amides is 1. The van der Waals surface area contributed by atoms with Gasteiger partial charge < -0.3 is 5.32 Å². The molecule has 0 saturated heterocycles. The van der Waals surface area contributed by atoms with Crippen LogP contribution in [0.15, 0.2) is 0 Å². The Morgan fingerprint density at radius 1 is 1.21 bits per heavy atom. The van der Waals surface area contributed by atoms with Crippen molar-refractivity contribution in [1.29, 1.82) is 0 Å². The van der Waals surface area contributed by atoms with Gasteiger partial charge in [-0.15, -0.1) is 0 Å². The van der Waals surface area contributed by atoms with E-state index in [1.165, 1.54) is 0 Å². The molecule has 0 unspecified atom stereocenters. The number of rotatable bonds is 5. The van der Waals surface area contributed by atoms with E-state index in [0.29, 0.717) is 12.0 Å². The van der Waals surface area contributed by atoms with Crippen molar-refractivity contribution < 1.29 is 4.79 Å². The van der Waals surface area contributed by atoms with Gasteiger partial charge in [-0.1, -0.05) is 41.0 Å². The fraction of sp³-hybridized carbons (Fsp3) is 0.909. The fourth-order valence-corrected chi connectivity index (χ4v) is 1.86. The third-order valence-electron chi connectivity index (χ3n) is 2.62. The molecule has 0 aromatic carbocycles. The first-order valence-electron chi connectivity index (χ1n) is 5.12. The van der Waals surface area contributed by atoms with Crippen LogP contribution in [0.1, 0.15) is 47.5 Å². The summed E-state index contributed by atoms with van der Waals surface area (Å²) in [6, 6.07) is 0. The molecule has 1 amide bonds. The van der Waals surface area contributed by atoms with Crippen LogP contribution in [-0.4, -0.2) is 11.9 Å². The summed E-state index contributed by atoms with van der Waals surface area (Å²) in [5, 5.41) is 2.19. The highest BCUT2D eigenvalue weighted by Crippen LogP contribution is 2.35. The number of carbonyl (C=O) groups is 1. The van der Waals surface area contributed by atoms with Crippen molar-refractivity contribution in [1.82, 2.24) is 5.32 Å². The summed E-state index contributed by atoms with van der Waals surface area (Å²) in [6.07, 6.45) is 2.22. The number of hydrogen-bond donors (Lipinski definition) is 1. The van der Waals surface area contributed by atoms with Crippen LogP contribution in [0, 0.1) is 10.8 Å². The molecule has 14 heavy (non-hydrogen) atoms. The number of halogens is 1. The third kappa shape index (κ3) is 6.25. The first-order valence-corrected chi connectivity index (χ1v) is 5.50. The second-order valence-corrected chi connectivity index (χ2v) is 5.83. The van der Waals surface area contributed by atoms with E-state index in [2.05, 4.69) is 39.9 Å². The SMILES string of the molecule is CCC(C)(C)CC(C)(C)CNC(=O)Cl. The van der Waals surface area contributed by atoms with Gasteiger partial charge in [0.2, 0.25) is 0 Å². The minimum absolute atomic E-state index is 0.101. The van der Waals surface area contributed by atoms with Crippen LogP contribution in [-0.2, 0) is 0 Å². The predicted octanol–water partition coefficient (Wildman–Crippen LogP) is 3.79. The van der Waals surface area contributed by atoms with E-state index >= 15 is 0 Å². The molecule has 2 nitrogen and oxygen atoms in total. The van der Waals surface area contributed by atoms with E-state index in [9.17, 15) is 4.79 Å². The Hall–Kier alpha value is -0.240. The topological polar surface area (TPSA) is 29.1 Å². The molecule has 3 heteroatoms. The second kappa shape index (κ2) is 5.01. The lowest BCUT2D eigenvalue weighted by atomic mass is 9.74. The van der Waals surface area contributed by atoms with Gasteiger partial charge in [-0.05, 0) is 28.9 Å². The lowest BCUT2D eigenvalue weighted by molar-refractivity contribution is 0.185. The maximum Gasteiger partial charge on any atom is 0.313 e. The molecule has 0 spiro atoms. The molecule has 0 saturated carbocycles. The van der Waals surface area contributed by atoms with E-state index in [1.807, 2.05) is 0 Å². The Labute approximate surface area is 92.4 Å². The Balaban J connectivity index is 4.12. The molecule has 0 aliphatic rings. The van der Waals surface area contributed by atoms with E-state index in [1.54, 1.807) is 0 Å². The molecule has 1 N–H and O–H groups in total. The van der Waals surface area contributed by atoms with Crippen molar-refractivity contribution in [3.63, 3.8) is 0 Å². The van der Waals surface area contributed by atoms with Gasteiger partial charge in [0.15, 0.2) is 0 Å². The van der Waals surface area contributed by atoms with Gasteiger partial charge in [0.05, 0.1) is 0 Å². The molecular formula is C11H22ClNO. The van der Waals surface area contributed by atoms with Gasteiger partial charge in [0.25, 0.3) is 0 Å². The maximum absolute atomic E-state index is 10.6. The van der Waals surface area contributed by atoms with Crippen LogP contribution >= 0.6 is 11.6 Å². The zero-order chi connectivity index (χ0) is 11.4. The lowest BCUT2D eigenvalue weighted by Crippen LogP contribution is -2.34. The molecule has 0 bridgehead atoms. The largest absolute Gasteiger partial charge is 0.342 e. The van der Waals surface area contributed by atoms with Crippen LogP contribution in [0.4, 0.5) is 4.79 Å². The van der Waals surface area contributed by atoms with Crippen molar-refractivity contribution in [2.45, 2.75) is 47.5 Å². The summed E-state index contributed by atoms with van der Waals surface area (Å²) >= 11 is 5.24. The summed E-state index contributed by atoms with van der Waals surface area (Å²) in [7, 11) is 0. The number of nitrogens with one attached hydrogen (secondary N) is 1. The second-order valence-electron chi connectivity index (χ2n) is 5.49. The average Bonchev–Trinajstić information content (AvgIpc) is 1.99. The molecule has 0 fully saturated rings. The fourth-order valence-electron chi connectivity index (χ4n) is 1.79. The van der Waals surface area contributed by atoms with Gasteiger partial charge in [-0.3, -0.25) is 4.79 Å². The molecule has 0 aromatic heterocycles. The normalized spacial score (nSPS) is 12.7. The van der Waals surface area contributed by atoms with E-state index in [-0.39, 0.29) is 5.41 Å². The summed E-state index contributed by atoms with van der Waals surface area (Å²) in [4.78, 5) is 10.6. The van der Waals surface area contributed by atoms with Crippen LogP contribution in [0.2, 0.25) is 0 Å². The Bertz CT molecular complexity index is 199. The number of hydrogen-bond acceptors (Lipinski definition) is 1.